The molecule has 0 unspecified atom stereocenters. The third kappa shape index (κ3) is 5.91. The lowest BCUT2D eigenvalue weighted by Crippen LogP contribution is -2.54. The largest absolute Gasteiger partial charge is 0.467 e. The van der Waals surface area contributed by atoms with E-state index in [0.717, 1.165) is 0 Å². The maximum absolute atomic E-state index is 11.6. The van der Waals surface area contributed by atoms with Gasteiger partial charge in [-0.05, 0) is 34.1 Å². The molecule has 0 saturated heterocycles. The van der Waals surface area contributed by atoms with E-state index in [2.05, 4.69) is 26.0 Å². The van der Waals surface area contributed by atoms with Crippen molar-refractivity contribution in [2.75, 3.05) is 12.4 Å². The molecule has 0 bridgehead atoms. The minimum Gasteiger partial charge on any atom is -0.467 e. The van der Waals surface area contributed by atoms with Gasteiger partial charge in [0, 0.05) is 5.33 Å². The molecule has 1 atom stereocenters. The van der Waals surface area contributed by atoms with Gasteiger partial charge >= 0.3 is 12.1 Å². The third-order valence-corrected chi connectivity index (χ3v) is 2.40. The Balaban J connectivity index is 4.66. The zero-order valence-corrected chi connectivity index (χ0v) is 12.5. The predicted molar refractivity (Wildman–Crippen MR) is 68.2 cm³/mol. The maximum Gasteiger partial charge on any atom is 0.408 e. The number of carbonyl (C=O) groups excluding carboxylic acids is 2. The van der Waals surface area contributed by atoms with Gasteiger partial charge in [0.15, 0.2) is 0 Å². The summed E-state index contributed by atoms with van der Waals surface area (Å²) in [7, 11) is 1.28. The summed E-state index contributed by atoms with van der Waals surface area (Å²) in [5, 5.41) is 3.10. The number of nitrogens with one attached hydrogen (secondary N) is 1. The molecule has 0 aromatic carbocycles. The third-order valence-electron chi connectivity index (χ3n) is 2.01. The van der Waals surface area contributed by atoms with E-state index in [1.807, 2.05) is 0 Å². The lowest BCUT2D eigenvalue weighted by atomic mass is 9.99. The fourth-order valence-corrected chi connectivity index (χ4v) is 1.95. The summed E-state index contributed by atoms with van der Waals surface area (Å²) in [5.41, 5.74) is -1.68. The van der Waals surface area contributed by atoms with Crippen molar-refractivity contribution in [3.8, 4) is 0 Å². The first kappa shape index (κ1) is 16.2. The van der Waals surface area contributed by atoms with Gasteiger partial charge in [0.25, 0.3) is 0 Å². The van der Waals surface area contributed by atoms with Crippen LogP contribution in [0.2, 0.25) is 0 Å². The normalized spacial score (nSPS) is 14.7. The molecular weight excluding hydrogens is 290 g/mol. The maximum atomic E-state index is 11.6. The zero-order valence-electron chi connectivity index (χ0n) is 10.9. The molecule has 1 N–H and O–H groups in total. The predicted octanol–water partition coefficient (Wildman–Crippen LogP) is 2.23. The number of alkyl halides is 1. The molecule has 0 heterocycles. The molecule has 0 aliphatic heterocycles. The number of esters is 1. The highest BCUT2D eigenvalue weighted by Crippen LogP contribution is 2.15. The van der Waals surface area contributed by atoms with Gasteiger partial charge in [0.05, 0.1) is 7.11 Å². The Kier molecular flexibility index (Phi) is 5.95. The summed E-state index contributed by atoms with van der Waals surface area (Å²) in [6.07, 6.45) is -0.217. The first-order valence-electron chi connectivity index (χ1n) is 5.30. The topological polar surface area (TPSA) is 64.6 Å². The number of hydrogen-bond donors (Lipinski definition) is 1. The Bertz CT molecular complexity index is 288. The average Bonchev–Trinajstić information content (AvgIpc) is 2.13. The number of carbonyl (C=O) groups is 2. The Morgan fingerprint density at radius 2 is 1.76 bits per heavy atom. The van der Waals surface area contributed by atoms with Crippen LogP contribution in [0.1, 0.15) is 34.1 Å². The second-order valence-electron chi connectivity index (χ2n) is 4.89. The molecule has 0 aromatic rings. The number of halogens is 1. The number of ether oxygens (including phenoxy) is 2. The van der Waals surface area contributed by atoms with Crippen molar-refractivity contribution in [1.82, 2.24) is 5.32 Å². The fourth-order valence-electron chi connectivity index (χ4n) is 1.16. The van der Waals surface area contributed by atoms with E-state index < -0.39 is 23.2 Å². The van der Waals surface area contributed by atoms with E-state index >= 15 is 0 Å². The van der Waals surface area contributed by atoms with Crippen LogP contribution in [-0.2, 0) is 14.3 Å². The van der Waals surface area contributed by atoms with Crippen LogP contribution in [0, 0.1) is 0 Å². The van der Waals surface area contributed by atoms with Crippen molar-refractivity contribution < 1.29 is 19.1 Å². The summed E-state index contributed by atoms with van der Waals surface area (Å²) < 4.78 is 9.77. The smallest absolute Gasteiger partial charge is 0.408 e. The van der Waals surface area contributed by atoms with E-state index in [1.165, 1.54) is 7.11 Å². The van der Waals surface area contributed by atoms with Gasteiger partial charge in [0.1, 0.15) is 11.1 Å². The molecule has 6 heteroatoms. The van der Waals surface area contributed by atoms with Crippen molar-refractivity contribution in [3.63, 3.8) is 0 Å². The lowest BCUT2D eigenvalue weighted by molar-refractivity contribution is -0.147. The quantitative estimate of drug-likeness (QED) is 0.639. The number of amides is 1. The molecule has 0 aliphatic carbocycles. The lowest BCUT2D eigenvalue weighted by Gasteiger charge is -2.29. The molecule has 17 heavy (non-hydrogen) atoms. The van der Waals surface area contributed by atoms with Crippen molar-refractivity contribution >= 4 is 28.0 Å². The molecular formula is C11H20BrNO4. The minimum atomic E-state index is -1.08. The molecule has 100 valence electrons. The molecule has 0 spiro atoms. The minimum absolute atomic E-state index is 0.416. The van der Waals surface area contributed by atoms with Crippen LogP contribution in [0.3, 0.4) is 0 Å². The highest BCUT2D eigenvalue weighted by atomic mass is 79.9. The number of alkyl carbamates (subject to hydrolysis) is 1. The highest BCUT2D eigenvalue weighted by molar-refractivity contribution is 9.09. The average molecular weight is 310 g/mol. The number of hydrogen-bond acceptors (Lipinski definition) is 4. The van der Waals surface area contributed by atoms with Crippen LogP contribution in [0.15, 0.2) is 0 Å². The summed E-state index contributed by atoms with van der Waals surface area (Å²) in [6, 6.07) is 0. The van der Waals surface area contributed by atoms with Gasteiger partial charge in [0.2, 0.25) is 0 Å². The van der Waals surface area contributed by atoms with E-state index in [0.29, 0.717) is 11.8 Å². The van der Waals surface area contributed by atoms with Crippen molar-refractivity contribution in [1.29, 1.82) is 0 Å². The Labute approximate surface area is 110 Å². The van der Waals surface area contributed by atoms with Gasteiger partial charge in [-0.1, -0.05) is 15.9 Å². The van der Waals surface area contributed by atoms with Crippen molar-refractivity contribution in [2.24, 2.45) is 0 Å². The standard InChI is InChI=1S/C11H20BrNO4/c1-10(2,3)17-9(15)13-11(4,6-7-12)8(14)16-5/h6-7H2,1-5H3,(H,13,15)/t11-/m1/s1. The molecule has 1 amide bonds. The van der Waals surface area contributed by atoms with E-state index in [4.69, 9.17) is 4.74 Å². The Morgan fingerprint density at radius 1 is 1.24 bits per heavy atom. The van der Waals surface area contributed by atoms with E-state index in [9.17, 15) is 9.59 Å². The first-order valence-corrected chi connectivity index (χ1v) is 6.42. The number of rotatable bonds is 4. The highest BCUT2D eigenvalue weighted by Gasteiger charge is 2.36. The van der Waals surface area contributed by atoms with Crippen LogP contribution in [-0.4, -0.2) is 35.6 Å². The van der Waals surface area contributed by atoms with Gasteiger partial charge in [-0.3, -0.25) is 0 Å². The summed E-state index contributed by atoms with van der Waals surface area (Å²) in [4.78, 5) is 23.2. The second-order valence-corrected chi connectivity index (χ2v) is 5.68. The molecule has 5 nitrogen and oxygen atoms in total. The molecule has 0 aliphatic rings. The molecule has 0 rings (SSSR count). The monoisotopic (exact) mass is 309 g/mol. The molecule has 0 aromatic heterocycles. The molecule has 0 radical (unpaired) electrons. The van der Waals surface area contributed by atoms with E-state index in [-0.39, 0.29) is 0 Å². The molecule has 0 fully saturated rings. The summed E-state index contributed by atoms with van der Waals surface area (Å²) in [6.45, 7) is 6.87. The SMILES string of the molecule is COC(=O)[C@@](C)(CCBr)NC(=O)OC(C)(C)C. The summed E-state index contributed by atoms with van der Waals surface area (Å²) >= 11 is 3.23. The van der Waals surface area contributed by atoms with Gasteiger partial charge < -0.3 is 14.8 Å². The fraction of sp³-hybridized carbons (Fsp3) is 0.818. The van der Waals surface area contributed by atoms with Crippen LogP contribution in [0.4, 0.5) is 4.79 Å². The van der Waals surface area contributed by atoms with Crippen LogP contribution < -0.4 is 5.32 Å². The zero-order chi connectivity index (χ0) is 13.7. The first-order chi connectivity index (χ1) is 7.64. The van der Waals surface area contributed by atoms with Crippen molar-refractivity contribution in [2.45, 2.75) is 45.3 Å². The van der Waals surface area contributed by atoms with Gasteiger partial charge in [-0.15, -0.1) is 0 Å². The van der Waals surface area contributed by atoms with Crippen LogP contribution in [0.25, 0.3) is 0 Å². The van der Waals surface area contributed by atoms with Crippen LogP contribution in [0.5, 0.6) is 0 Å². The summed E-state index contributed by atoms with van der Waals surface area (Å²) in [5.74, 6) is -0.497. The van der Waals surface area contributed by atoms with Gasteiger partial charge in [-0.25, -0.2) is 9.59 Å². The van der Waals surface area contributed by atoms with Gasteiger partial charge in [-0.2, -0.15) is 0 Å². The Hall–Kier alpha value is -0.780. The Morgan fingerprint density at radius 3 is 2.12 bits per heavy atom. The number of methoxy groups -OCH3 is 1. The van der Waals surface area contributed by atoms with Crippen molar-refractivity contribution in [3.05, 3.63) is 0 Å². The van der Waals surface area contributed by atoms with E-state index in [1.54, 1.807) is 27.7 Å². The molecule has 0 saturated carbocycles. The second kappa shape index (κ2) is 6.23. The van der Waals surface area contributed by atoms with Crippen LogP contribution >= 0.6 is 15.9 Å².